The molecule has 0 radical (unpaired) electrons. The van der Waals surface area contributed by atoms with Gasteiger partial charge in [-0.2, -0.15) is 13.2 Å². The van der Waals surface area contributed by atoms with Crippen molar-refractivity contribution >= 4 is 5.69 Å². The predicted molar refractivity (Wildman–Crippen MR) is 141 cm³/mol. The van der Waals surface area contributed by atoms with E-state index in [4.69, 9.17) is 10.5 Å². The number of halogens is 3. The Morgan fingerprint density at radius 3 is 2.14 bits per heavy atom. The van der Waals surface area contributed by atoms with Gasteiger partial charge in [0, 0.05) is 17.3 Å². The molecule has 6 rings (SSSR count). The lowest BCUT2D eigenvalue weighted by Gasteiger charge is -2.18. The van der Waals surface area contributed by atoms with E-state index in [-0.39, 0.29) is 11.4 Å². The number of nitrogens with two attached hydrogens (primary N) is 1. The molecule has 0 spiro atoms. The third kappa shape index (κ3) is 4.23. The van der Waals surface area contributed by atoms with Gasteiger partial charge in [-0.15, -0.1) is 0 Å². The SMILES string of the molecule is Nc1ccc(C(F)(F)F)c(Oc2ccc(-c3cccc4c3Cc3ccccc3-4)cc2-c2ccccc2)c1. The zero-order valence-electron chi connectivity index (χ0n) is 19.7. The highest BCUT2D eigenvalue weighted by Gasteiger charge is 2.35. The molecule has 0 atom stereocenters. The zero-order chi connectivity index (χ0) is 25.6. The summed E-state index contributed by atoms with van der Waals surface area (Å²) in [4.78, 5) is 0. The molecule has 0 bridgehead atoms. The van der Waals surface area contributed by atoms with Gasteiger partial charge < -0.3 is 10.5 Å². The van der Waals surface area contributed by atoms with Crippen LogP contribution in [0.15, 0.2) is 109 Å². The molecular formula is C32H22F3NO. The van der Waals surface area contributed by atoms with Crippen molar-refractivity contribution in [2.24, 2.45) is 0 Å². The van der Waals surface area contributed by atoms with Crippen molar-refractivity contribution in [2.45, 2.75) is 12.6 Å². The van der Waals surface area contributed by atoms with Crippen molar-refractivity contribution in [2.75, 3.05) is 5.73 Å². The Labute approximate surface area is 212 Å². The quantitative estimate of drug-likeness (QED) is 0.249. The maximum absolute atomic E-state index is 13.7. The van der Waals surface area contributed by atoms with Gasteiger partial charge in [0.1, 0.15) is 11.5 Å². The molecule has 5 aromatic carbocycles. The van der Waals surface area contributed by atoms with Crippen molar-refractivity contribution < 1.29 is 17.9 Å². The fourth-order valence-electron chi connectivity index (χ4n) is 5.03. The van der Waals surface area contributed by atoms with Crippen molar-refractivity contribution in [1.29, 1.82) is 0 Å². The Morgan fingerprint density at radius 2 is 1.32 bits per heavy atom. The van der Waals surface area contributed by atoms with E-state index in [1.165, 1.54) is 34.4 Å². The van der Waals surface area contributed by atoms with Gasteiger partial charge in [-0.1, -0.05) is 78.9 Å². The van der Waals surface area contributed by atoms with Crippen LogP contribution in [0, 0.1) is 0 Å². The summed E-state index contributed by atoms with van der Waals surface area (Å²) in [6.07, 6.45) is -3.74. The van der Waals surface area contributed by atoms with Crippen molar-refractivity contribution in [1.82, 2.24) is 0 Å². The van der Waals surface area contributed by atoms with Crippen molar-refractivity contribution in [3.63, 3.8) is 0 Å². The number of nitrogen functional groups attached to an aromatic ring is 1. The van der Waals surface area contributed by atoms with E-state index in [1.54, 1.807) is 6.07 Å². The summed E-state index contributed by atoms with van der Waals surface area (Å²) in [5.41, 5.74) is 13.7. The Balaban J connectivity index is 1.48. The second-order valence-corrected chi connectivity index (χ2v) is 9.10. The molecule has 2 nitrogen and oxygen atoms in total. The van der Waals surface area contributed by atoms with Gasteiger partial charge in [0.15, 0.2) is 0 Å². The van der Waals surface area contributed by atoms with Gasteiger partial charge in [-0.3, -0.25) is 0 Å². The van der Waals surface area contributed by atoms with Gasteiger partial charge in [0.25, 0.3) is 0 Å². The molecule has 0 fully saturated rings. The van der Waals surface area contributed by atoms with Gasteiger partial charge in [-0.25, -0.2) is 0 Å². The largest absolute Gasteiger partial charge is 0.456 e. The molecule has 0 amide bonds. The summed E-state index contributed by atoms with van der Waals surface area (Å²) in [6.45, 7) is 0. The average Bonchev–Trinajstić information content (AvgIpc) is 3.28. The van der Waals surface area contributed by atoms with Crippen LogP contribution in [-0.2, 0) is 12.6 Å². The monoisotopic (exact) mass is 493 g/mol. The van der Waals surface area contributed by atoms with Crippen LogP contribution >= 0.6 is 0 Å². The number of alkyl halides is 3. The van der Waals surface area contributed by atoms with E-state index in [9.17, 15) is 13.2 Å². The average molecular weight is 494 g/mol. The molecule has 182 valence electrons. The summed E-state index contributed by atoms with van der Waals surface area (Å²) in [5, 5.41) is 0. The minimum absolute atomic E-state index is 0.195. The lowest BCUT2D eigenvalue weighted by molar-refractivity contribution is -0.138. The summed E-state index contributed by atoms with van der Waals surface area (Å²) in [6, 6.07) is 33.2. The third-order valence-corrected chi connectivity index (χ3v) is 6.76. The minimum atomic E-state index is -4.57. The summed E-state index contributed by atoms with van der Waals surface area (Å²) in [5.74, 6) is -0.00426. The van der Waals surface area contributed by atoms with E-state index in [2.05, 4.69) is 30.3 Å². The van der Waals surface area contributed by atoms with Gasteiger partial charge in [0.05, 0.1) is 5.56 Å². The van der Waals surface area contributed by atoms with Crippen LogP contribution in [0.5, 0.6) is 11.5 Å². The molecule has 0 saturated heterocycles. The molecule has 0 aromatic heterocycles. The van der Waals surface area contributed by atoms with E-state index in [0.717, 1.165) is 29.2 Å². The van der Waals surface area contributed by atoms with Crippen LogP contribution in [0.2, 0.25) is 0 Å². The first-order valence-electron chi connectivity index (χ1n) is 11.9. The predicted octanol–water partition coefficient (Wildman–Crippen LogP) is 8.99. The molecule has 0 unspecified atom stereocenters. The highest BCUT2D eigenvalue weighted by Crippen LogP contribution is 2.45. The van der Waals surface area contributed by atoms with E-state index < -0.39 is 11.7 Å². The Kier molecular flexibility index (Phi) is 5.49. The topological polar surface area (TPSA) is 35.2 Å². The molecule has 1 aliphatic carbocycles. The van der Waals surface area contributed by atoms with E-state index in [0.29, 0.717) is 11.3 Å². The summed E-state index contributed by atoms with van der Waals surface area (Å²) >= 11 is 0. The molecule has 2 N–H and O–H groups in total. The first-order chi connectivity index (χ1) is 17.9. The second-order valence-electron chi connectivity index (χ2n) is 9.10. The Morgan fingerprint density at radius 1 is 0.595 bits per heavy atom. The van der Waals surface area contributed by atoms with Crippen LogP contribution in [0.4, 0.5) is 18.9 Å². The summed E-state index contributed by atoms with van der Waals surface area (Å²) in [7, 11) is 0. The fraction of sp³-hybridized carbons (Fsp3) is 0.0625. The molecule has 0 saturated carbocycles. The second kappa shape index (κ2) is 8.86. The highest BCUT2D eigenvalue weighted by atomic mass is 19.4. The Hall–Kier alpha value is -4.51. The standard InChI is InChI=1S/C32H22F3NO/c33-32(34,35)29-15-14-23(36)19-31(29)37-30-16-13-22(17-27(30)20-7-2-1-3-8-20)25-11-6-12-26-24-10-5-4-9-21(24)18-28(25)26/h1-17,19H,18,36H2. The van der Waals surface area contributed by atoms with E-state index in [1.807, 2.05) is 54.6 Å². The smallest absolute Gasteiger partial charge is 0.419 e. The van der Waals surface area contributed by atoms with Crippen LogP contribution in [0.25, 0.3) is 33.4 Å². The number of hydrogen-bond donors (Lipinski definition) is 1. The number of hydrogen-bond acceptors (Lipinski definition) is 2. The van der Waals surface area contributed by atoms with Crippen molar-refractivity contribution in [3.05, 3.63) is 126 Å². The highest BCUT2D eigenvalue weighted by molar-refractivity contribution is 5.87. The number of anilines is 1. The van der Waals surface area contributed by atoms with Gasteiger partial charge >= 0.3 is 6.18 Å². The Bertz CT molecular complexity index is 1620. The molecule has 37 heavy (non-hydrogen) atoms. The molecule has 0 heterocycles. The maximum atomic E-state index is 13.7. The molecular weight excluding hydrogens is 471 g/mol. The van der Waals surface area contributed by atoms with Crippen molar-refractivity contribution in [3.8, 4) is 44.9 Å². The molecule has 5 aromatic rings. The summed E-state index contributed by atoms with van der Waals surface area (Å²) < 4.78 is 47.1. The lowest BCUT2D eigenvalue weighted by atomic mass is 9.93. The van der Waals surface area contributed by atoms with Gasteiger partial charge in [0.2, 0.25) is 0 Å². The molecule has 5 heteroatoms. The van der Waals surface area contributed by atoms with Crippen LogP contribution in [0.3, 0.4) is 0 Å². The third-order valence-electron chi connectivity index (χ3n) is 6.76. The molecule has 1 aliphatic rings. The van der Waals surface area contributed by atoms with Gasteiger partial charge in [-0.05, 0) is 69.6 Å². The fourth-order valence-corrected chi connectivity index (χ4v) is 5.03. The normalized spacial score (nSPS) is 12.2. The minimum Gasteiger partial charge on any atom is -0.456 e. The first-order valence-corrected chi connectivity index (χ1v) is 11.9. The lowest BCUT2D eigenvalue weighted by Crippen LogP contribution is -2.07. The first kappa shape index (κ1) is 22.9. The zero-order valence-corrected chi connectivity index (χ0v) is 19.7. The molecule has 0 aliphatic heterocycles. The van der Waals surface area contributed by atoms with Crippen LogP contribution in [-0.4, -0.2) is 0 Å². The van der Waals surface area contributed by atoms with E-state index >= 15 is 0 Å². The number of fused-ring (bicyclic) bond motifs is 3. The number of ether oxygens (including phenoxy) is 1. The number of benzene rings is 5. The maximum Gasteiger partial charge on any atom is 0.419 e. The van der Waals surface area contributed by atoms with Crippen LogP contribution in [0.1, 0.15) is 16.7 Å². The number of rotatable bonds is 4. The van der Waals surface area contributed by atoms with Crippen LogP contribution < -0.4 is 10.5 Å².